The molecule has 2 unspecified atom stereocenters. The molecule has 2 aliphatic rings. The van der Waals surface area contributed by atoms with Gasteiger partial charge in [-0.15, -0.1) is 0 Å². The van der Waals surface area contributed by atoms with Crippen molar-refractivity contribution in [3.63, 3.8) is 0 Å². The zero-order valence-electron chi connectivity index (χ0n) is 11.2. The largest absolute Gasteiger partial charge is 0.466 e. The van der Waals surface area contributed by atoms with Crippen LogP contribution in [-0.2, 0) is 23.8 Å². The molecule has 0 aromatic rings. The number of Topliss-reactive ketones (excluding diaryl/α,β-unsaturated/α-hetero) is 1. The van der Waals surface area contributed by atoms with E-state index in [1.807, 2.05) is 0 Å². The van der Waals surface area contributed by atoms with Crippen LogP contribution in [-0.4, -0.2) is 37.4 Å². The number of ether oxygens (including phenoxy) is 3. The molecule has 1 saturated heterocycles. The van der Waals surface area contributed by atoms with Crippen LogP contribution in [0.25, 0.3) is 0 Å². The molecule has 0 amide bonds. The topological polar surface area (TPSA) is 61.8 Å². The molecule has 1 aliphatic carbocycles. The van der Waals surface area contributed by atoms with E-state index < -0.39 is 0 Å². The van der Waals surface area contributed by atoms with Gasteiger partial charge in [-0.3, -0.25) is 9.59 Å². The molecule has 1 aliphatic heterocycles. The fourth-order valence-corrected chi connectivity index (χ4v) is 2.32. The smallest absolute Gasteiger partial charge is 0.310 e. The Morgan fingerprint density at radius 1 is 1.47 bits per heavy atom. The molecule has 106 valence electrons. The van der Waals surface area contributed by atoms with Gasteiger partial charge < -0.3 is 14.2 Å². The van der Waals surface area contributed by atoms with Crippen LogP contribution in [0.5, 0.6) is 0 Å². The molecule has 19 heavy (non-hydrogen) atoms. The van der Waals surface area contributed by atoms with E-state index in [0.29, 0.717) is 25.2 Å². The van der Waals surface area contributed by atoms with E-state index in [9.17, 15) is 9.59 Å². The predicted molar refractivity (Wildman–Crippen MR) is 67.4 cm³/mol. The van der Waals surface area contributed by atoms with E-state index in [-0.39, 0.29) is 30.6 Å². The highest BCUT2D eigenvalue weighted by Crippen LogP contribution is 2.24. The van der Waals surface area contributed by atoms with Gasteiger partial charge in [-0.25, -0.2) is 0 Å². The van der Waals surface area contributed by atoms with Gasteiger partial charge in [0, 0.05) is 18.6 Å². The van der Waals surface area contributed by atoms with Crippen LogP contribution < -0.4 is 0 Å². The molecular formula is C14H20O5. The Labute approximate surface area is 112 Å². The van der Waals surface area contributed by atoms with Gasteiger partial charge in [-0.2, -0.15) is 0 Å². The second-order valence-corrected chi connectivity index (χ2v) is 4.77. The highest BCUT2D eigenvalue weighted by molar-refractivity contribution is 6.01. The minimum absolute atomic E-state index is 0.0335. The third kappa shape index (κ3) is 4.14. The summed E-state index contributed by atoms with van der Waals surface area (Å²) in [5.74, 6) is -0.398. The third-order valence-corrected chi connectivity index (χ3v) is 3.24. The van der Waals surface area contributed by atoms with Crippen LogP contribution in [0.3, 0.4) is 0 Å². The molecule has 0 saturated carbocycles. The average Bonchev–Trinajstić information content (AvgIpc) is 2.71. The molecule has 5 nitrogen and oxygen atoms in total. The molecule has 0 spiro atoms. The van der Waals surface area contributed by atoms with Crippen LogP contribution in [0, 0.1) is 0 Å². The summed E-state index contributed by atoms with van der Waals surface area (Å²) in [4.78, 5) is 23.1. The van der Waals surface area contributed by atoms with Crippen molar-refractivity contribution in [2.45, 2.75) is 51.4 Å². The summed E-state index contributed by atoms with van der Waals surface area (Å²) in [5, 5.41) is 0. The number of carbonyl (C=O) groups excluding carboxylic acids is 2. The third-order valence-electron chi connectivity index (χ3n) is 3.24. The number of hydrogen-bond acceptors (Lipinski definition) is 5. The summed E-state index contributed by atoms with van der Waals surface area (Å²) in [6.45, 7) is 2.79. The maximum Gasteiger partial charge on any atom is 0.310 e. The van der Waals surface area contributed by atoms with Crippen molar-refractivity contribution in [2.24, 2.45) is 0 Å². The zero-order chi connectivity index (χ0) is 13.7. The number of ketones is 1. The van der Waals surface area contributed by atoms with Crippen molar-refractivity contribution in [3.05, 3.63) is 11.6 Å². The first-order valence-corrected chi connectivity index (χ1v) is 6.85. The van der Waals surface area contributed by atoms with Crippen LogP contribution >= 0.6 is 0 Å². The maximum atomic E-state index is 11.8. The Morgan fingerprint density at radius 2 is 2.32 bits per heavy atom. The van der Waals surface area contributed by atoms with Gasteiger partial charge in [0.25, 0.3) is 0 Å². The lowest BCUT2D eigenvalue weighted by Crippen LogP contribution is -2.26. The van der Waals surface area contributed by atoms with Gasteiger partial charge in [-0.05, 0) is 32.3 Å². The van der Waals surface area contributed by atoms with Gasteiger partial charge in [0.15, 0.2) is 12.1 Å². The molecule has 1 heterocycles. The number of rotatable bonds is 5. The summed E-state index contributed by atoms with van der Waals surface area (Å²) >= 11 is 0. The first-order chi connectivity index (χ1) is 9.19. The molecule has 2 atom stereocenters. The van der Waals surface area contributed by atoms with E-state index >= 15 is 0 Å². The predicted octanol–water partition coefficient (Wildman–Crippen LogP) is 1.75. The second-order valence-electron chi connectivity index (χ2n) is 4.77. The maximum absolute atomic E-state index is 11.8. The van der Waals surface area contributed by atoms with Crippen molar-refractivity contribution in [2.75, 3.05) is 13.2 Å². The minimum atomic E-state index is -0.364. The Morgan fingerprint density at radius 3 is 3.00 bits per heavy atom. The van der Waals surface area contributed by atoms with E-state index in [2.05, 4.69) is 0 Å². The van der Waals surface area contributed by atoms with E-state index in [0.717, 1.165) is 19.3 Å². The molecule has 1 fully saturated rings. The fraction of sp³-hybridized carbons (Fsp3) is 0.714. The van der Waals surface area contributed by atoms with Crippen molar-refractivity contribution in [1.82, 2.24) is 0 Å². The Kier molecular flexibility index (Phi) is 5.10. The van der Waals surface area contributed by atoms with Gasteiger partial charge in [0.1, 0.15) is 0 Å². The summed E-state index contributed by atoms with van der Waals surface area (Å²) < 4.78 is 16.0. The molecule has 0 aromatic heterocycles. The lowest BCUT2D eigenvalue weighted by Gasteiger charge is -2.24. The first kappa shape index (κ1) is 14.2. The molecule has 0 aromatic carbocycles. The minimum Gasteiger partial charge on any atom is -0.466 e. The molecule has 0 radical (unpaired) electrons. The van der Waals surface area contributed by atoms with Gasteiger partial charge in [-0.1, -0.05) is 0 Å². The van der Waals surface area contributed by atoms with Crippen LogP contribution in [0.15, 0.2) is 11.6 Å². The number of esters is 1. The lowest BCUT2D eigenvalue weighted by molar-refractivity contribution is -0.178. The average molecular weight is 268 g/mol. The summed E-state index contributed by atoms with van der Waals surface area (Å²) in [6, 6.07) is 0. The van der Waals surface area contributed by atoms with Crippen molar-refractivity contribution in [1.29, 1.82) is 0 Å². The molecule has 5 heteroatoms. The quantitative estimate of drug-likeness (QED) is 0.711. The second kappa shape index (κ2) is 6.82. The SMILES string of the molecule is CCOC(=O)CC1=CC(OC2CCCCO2)CC1=O. The number of hydrogen-bond donors (Lipinski definition) is 0. The Hall–Kier alpha value is -1.20. The normalized spacial score (nSPS) is 27.2. The Bertz CT molecular complexity index is 368. The van der Waals surface area contributed by atoms with E-state index in [1.54, 1.807) is 13.0 Å². The van der Waals surface area contributed by atoms with Crippen molar-refractivity contribution < 1.29 is 23.8 Å². The lowest BCUT2D eigenvalue weighted by atomic mass is 10.1. The van der Waals surface area contributed by atoms with Gasteiger partial charge in [0.2, 0.25) is 0 Å². The van der Waals surface area contributed by atoms with Gasteiger partial charge >= 0.3 is 5.97 Å². The monoisotopic (exact) mass is 268 g/mol. The van der Waals surface area contributed by atoms with Crippen molar-refractivity contribution >= 4 is 11.8 Å². The highest BCUT2D eigenvalue weighted by atomic mass is 16.7. The highest BCUT2D eigenvalue weighted by Gasteiger charge is 2.29. The Balaban J connectivity index is 1.84. The molecule has 2 rings (SSSR count). The van der Waals surface area contributed by atoms with E-state index in [4.69, 9.17) is 14.2 Å². The standard InChI is InChI=1S/C14H20O5/c1-2-17-13(16)8-10-7-11(9-12(10)15)19-14-5-3-4-6-18-14/h7,11,14H,2-6,8-9H2,1H3. The summed E-state index contributed by atoms with van der Waals surface area (Å²) in [7, 11) is 0. The van der Waals surface area contributed by atoms with Crippen molar-refractivity contribution in [3.8, 4) is 0 Å². The first-order valence-electron chi connectivity index (χ1n) is 6.85. The van der Waals surface area contributed by atoms with Crippen LogP contribution in [0.2, 0.25) is 0 Å². The molecule has 0 bridgehead atoms. The molecular weight excluding hydrogens is 248 g/mol. The van der Waals surface area contributed by atoms with E-state index in [1.165, 1.54) is 0 Å². The van der Waals surface area contributed by atoms with Crippen LogP contribution in [0.1, 0.15) is 39.0 Å². The van der Waals surface area contributed by atoms with Gasteiger partial charge in [0.05, 0.1) is 19.1 Å². The van der Waals surface area contributed by atoms with Crippen LogP contribution in [0.4, 0.5) is 0 Å². The summed E-state index contributed by atoms with van der Waals surface area (Å²) in [6.07, 6.45) is 4.61. The molecule has 0 N–H and O–H groups in total. The fourth-order valence-electron chi connectivity index (χ4n) is 2.32. The summed E-state index contributed by atoms with van der Waals surface area (Å²) in [5.41, 5.74) is 0.499. The number of carbonyl (C=O) groups is 2. The zero-order valence-corrected chi connectivity index (χ0v) is 11.2.